The Kier molecular flexibility index (Phi) is 9.78. The van der Waals surface area contributed by atoms with Crippen molar-refractivity contribution in [3.05, 3.63) is 32.2 Å². The first kappa shape index (κ1) is 18.1. The SMILES string of the molecule is COCCNCCCCCCc1cc(Br)c(C)cc1Br. The number of hydrogen-bond donors (Lipinski definition) is 1. The van der Waals surface area contributed by atoms with E-state index in [-0.39, 0.29) is 0 Å². The standard InChI is InChI=1S/C16H25Br2NO/c1-13-11-16(18)14(12-15(13)17)7-5-3-4-6-8-19-9-10-20-2/h11-12,19H,3-10H2,1-2H3. The van der Waals surface area contributed by atoms with E-state index >= 15 is 0 Å². The molecular weight excluding hydrogens is 382 g/mol. The van der Waals surface area contributed by atoms with Gasteiger partial charge in [-0.2, -0.15) is 0 Å². The number of nitrogens with one attached hydrogen (secondary N) is 1. The Labute approximate surface area is 139 Å². The second-order valence-electron chi connectivity index (χ2n) is 5.10. The predicted molar refractivity (Wildman–Crippen MR) is 93.5 cm³/mol. The van der Waals surface area contributed by atoms with Crippen LogP contribution in [0.5, 0.6) is 0 Å². The van der Waals surface area contributed by atoms with Crippen molar-refractivity contribution in [1.82, 2.24) is 5.32 Å². The number of methoxy groups -OCH3 is 1. The van der Waals surface area contributed by atoms with E-state index in [4.69, 9.17) is 4.74 Å². The second-order valence-corrected chi connectivity index (χ2v) is 6.81. The largest absolute Gasteiger partial charge is 0.383 e. The van der Waals surface area contributed by atoms with Crippen molar-refractivity contribution in [2.24, 2.45) is 0 Å². The van der Waals surface area contributed by atoms with Gasteiger partial charge < -0.3 is 10.1 Å². The van der Waals surface area contributed by atoms with Crippen LogP contribution in [0.4, 0.5) is 0 Å². The molecule has 1 aromatic rings. The van der Waals surface area contributed by atoms with Gasteiger partial charge in [0.1, 0.15) is 0 Å². The minimum Gasteiger partial charge on any atom is -0.383 e. The Balaban J connectivity index is 2.11. The normalized spacial score (nSPS) is 11.0. The molecule has 0 aromatic heterocycles. The summed E-state index contributed by atoms with van der Waals surface area (Å²) in [5, 5.41) is 3.38. The first-order valence-electron chi connectivity index (χ1n) is 7.29. The lowest BCUT2D eigenvalue weighted by molar-refractivity contribution is 0.199. The van der Waals surface area contributed by atoms with E-state index in [1.807, 2.05) is 0 Å². The molecule has 0 aliphatic rings. The third-order valence-corrected chi connectivity index (χ3v) is 4.95. The molecule has 0 bridgehead atoms. The van der Waals surface area contributed by atoms with Crippen LogP contribution >= 0.6 is 31.9 Å². The van der Waals surface area contributed by atoms with Crippen molar-refractivity contribution in [2.75, 3.05) is 26.8 Å². The molecule has 0 saturated carbocycles. The number of benzene rings is 1. The van der Waals surface area contributed by atoms with Crippen LogP contribution in [0.25, 0.3) is 0 Å². The second kappa shape index (κ2) is 10.8. The van der Waals surface area contributed by atoms with Gasteiger partial charge in [-0.25, -0.2) is 0 Å². The summed E-state index contributed by atoms with van der Waals surface area (Å²) in [6.45, 7) is 4.98. The Bertz CT molecular complexity index is 396. The number of hydrogen-bond acceptors (Lipinski definition) is 2. The average molecular weight is 407 g/mol. The van der Waals surface area contributed by atoms with Gasteiger partial charge in [-0.1, -0.05) is 44.7 Å². The van der Waals surface area contributed by atoms with Crippen LogP contribution in [-0.4, -0.2) is 26.8 Å². The van der Waals surface area contributed by atoms with Gasteiger partial charge in [0.15, 0.2) is 0 Å². The number of ether oxygens (including phenoxy) is 1. The maximum absolute atomic E-state index is 4.99. The molecule has 0 amide bonds. The number of unbranched alkanes of at least 4 members (excludes halogenated alkanes) is 3. The van der Waals surface area contributed by atoms with E-state index in [1.54, 1.807) is 7.11 Å². The summed E-state index contributed by atoms with van der Waals surface area (Å²) < 4.78 is 7.44. The van der Waals surface area contributed by atoms with Crippen LogP contribution in [0.1, 0.15) is 36.8 Å². The van der Waals surface area contributed by atoms with Gasteiger partial charge in [-0.3, -0.25) is 0 Å². The first-order chi connectivity index (χ1) is 9.65. The molecule has 0 spiro atoms. The highest BCUT2D eigenvalue weighted by molar-refractivity contribution is 9.11. The summed E-state index contributed by atoms with van der Waals surface area (Å²) in [5.74, 6) is 0. The quantitative estimate of drug-likeness (QED) is 0.560. The van der Waals surface area contributed by atoms with Crippen LogP contribution in [0.3, 0.4) is 0 Å². The fourth-order valence-corrected chi connectivity index (χ4v) is 3.14. The monoisotopic (exact) mass is 405 g/mol. The van der Waals surface area contributed by atoms with E-state index in [1.165, 1.54) is 45.8 Å². The molecule has 1 aromatic carbocycles. The molecule has 114 valence electrons. The van der Waals surface area contributed by atoms with Crippen LogP contribution in [-0.2, 0) is 11.2 Å². The zero-order chi connectivity index (χ0) is 14.8. The molecule has 0 aliphatic heterocycles. The third kappa shape index (κ3) is 7.21. The van der Waals surface area contributed by atoms with E-state index in [2.05, 4.69) is 56.2 Å². The molecule has 0 aliphatic carbocycles. The van der Waals surface area contributed by atoms with Gasteiger partial charge in [0, 0.05) is 22.6 Å². The minimum absolute atomic E-state index is 0.802. The molecule has 2 nitrogen and oxygen atoms in total. The highest BCUT2D eigenvalue weighted by atomic mass is 79.9. The average Bonchev–Trinajstić information content (AvgIpc) is 2.42. The van der Waals surface area contributed by atoms with Gasteiger partial charge in [-0.15, -0.1) is 0 Å². The molecule has 0 saturated heterocycles. The van der Waals surface area contributed by atoms with Crippen LogP contribution in [0.15, 0.2) is 21.1 Å². The zero-order valence-corrected chi connectivity index (χ0v) is 15.6. The summed E-state index contributed by atoms with van der Waals surface area (Å²) in [4.78, 5) is 0. The molecule has 0 atom stereocenters. The lowest BCUT2D eigenvalue weighted by Gasteiger charge is -2.08. The Morgan fingerprint density at radius 3 is 2.50 bits per heavy atom. The smallest absolute Gasteiger partial charge is 0.0587 e. The lowest BCUT2D eigenvalue weighted by Crippen LogP contribution is -2.20. The lowest BCUT2D eigenvalue weighted by atomic mass is 10.0. The van der Waals surface area contributed by atoms with E-state index < -0.39 is 0 Å². The Hall–Kier alpha value is 0.1000. The molecular formula is C16H25Br2NO. The van der Waals surface area contributed by atoms with Crippen molar-refractivity contribution in [3.63, 3.8) is 0 Å². The zero-order valence-electron chi connectivity index (χ0n) is 12.5. The maximum atomic E-state index is 4.99. The van der Waals surface area contributed by atoms with Crippen LogP contribution in [0.2, 0.25) is 0 Å². The molecule has 1 N–H and O–H groups in total. The van der Waals surface area contributed by atoms with E-state index in [9.17, 15) is 0 Å². The predicted octanol–water partition coefficient (Wildman–Crippen LogP) is 4.86. The molecule has 4 heteroatoms. The molecule has 0 heterocycles. The van der Waals surface area contributed by atoms with E-state index in [0.717, 1.165) is 26.1 Å². The van der Waals surface area contributed by atoms with Crippen molar-refractivity contribution >= 4 is 31.9 Å². The maximum Gasteiger partial charge on any atom is 0.0587 e. The van der Waals surface area contributed by atoms with E-state index in [0.29, 0.717) is 0 Å². The highest BCUT2D eigenvalue weighted by Gasteiger charge is 2.03. The first-order valence-corrected chi connectivity index (χ1v) is 8.88. The summed E-state index contributed by atoms with van der Waals surface area (Å²) in [6, 6.07) is 4.44. The fraction of sp³-hybridized carbons (Fsp3) is 0.625. The molecule has 1 rings (SSSR count). The van der Waals surface area contributed by atoms with Gasteiger partial charge in [0.05, 0.1) is 6.61 Å². The van der Waals surface area contributed by atoms with Crippen molar-refractivity contribution in [3.8, 4) is 0 Å². The number of rotatable bonds is 10. The number of aryl methyl sites for hydroxylation is 2. The van der Waals surface area contributed by atoms with Gasteiger partial charge >= 0.3 is 0 Å². The summed E-state index contributed by atoms with van der Waals surface area (Å²) in [5.41, 5.74) is 2.68. The Morgan fingerprint density at radius 2 is 1.75 bits per heavy atom. The van der Waals surface area contributed by atoms with Crippen molar-refractivity contribution in [2.45, 2.75) is 39.0 Å². The molecule has 0 unspecified atom stereocenters. The van der Waals surface area contributed by atoms with Crippen molar-refractivity contribution in [1.29, 1.82) is 0 Å². The van der Waals surface area contributed by atoms with Crippen molar-refractivity contribution < 1.29 is 4.74 Å². The summed E-state index contributed by atoms with van der Waals surface area (Å²) in [7, 11) is 1.74. The van der Waals surface area contributed by atoms with Gasteiger partial charge in [0.2, 0.25) is 0 Å². The molecule has 0 fully saturated rings. The fourth-order valence-electron chi connectivity index (χ4n) is 2.10. The molecule has 0 radical (unpaired) electrons. The molecule has 20 heavy (non-hydrogen) atoms. The van der Waals surface area contributed by atoms with Crippen LogP contribution < -0.4 is 5.32 Å². The Morgan fingerprint density at radius 1 is 1.00 bits per heavy atom. The number of halogens is 2. The minimum atomic E-state index is 0.802. The van der Waals surface area contributed by atoms with Gasteiger partial charge in [-0.05, 0) is 56.0 Å². The topological polar surface area (TPSA) is 21.3 Å². The van der Waals surface area contributed by atoms with Crippen LogP contribution in [0, 0.1) is 6.92 Å². The van der Waals surface area contributed by atoms with Gasteiger partial charge in [0.25, 0.3) is 0 Å². The summed E-state index contributed by atoms with van der Waals surface area (Å²) >= 11 is 7.26. The summed E-state index contributed by atoms with van der Waals surface area (Å²) in [6.07, 6.45) is 6.25. The third-order valence-electron chi connectivity index (χ3n) is 3.36. The highest BCUT2D eigenvalue weighted by Crippen LogP contribution is 2.26.